The Hall–Kier alpha value is -3.42. The maximum atomic E-state index is 13.1. The van der Waals surface area contributed by atoms with E-state index in [1.807, 2.05) is 12.1 Å². The van der Waals surface area contributed by atoms with E-state index in [2.05, 4.69) is 34.4 Å². The molecule has 8 heteroatoms. The minimum atomic E-state index is -4.44. The normalized spacial score (nSPS) is 18.0. The predicted molar refractivity (Wildman–Crippen MR) is 115 cm³/mol. The third-order valence-corrected chi connectivity index (χ3v) is 5.80. The molecule has 1 aromatic carbocycles. The topological polar surface area (TPSA) is 66.9 Å². The lowest BCUT2D eigenvalue weighted by Crippen LogP contribution is -2.34. The quantitative estimate of drug-likeness (QED) is 0.518. The Bertz CT molecular complexity index is 1100. The lowest BCUT2D eigenvalue weighted by molar-refractivity contribution is -0.137. The summed E-state index contributed by atoms with van der Waals surface area (Å²) in [7, 11) is 0. The molecule has 1 aliphatic carbocycles. The summed E-state index contributed by atoms with van der Waals surface area (Å²) < 4.78 is 39.2. The van der Waals surface area contributed by atoms with Crippen LogP contribution in [0.5, 0.6) is 0 Å². The van der Waals surface area contributed by atoms with Gasteiger partial charge in [-0.15, -0.1) is 0 Å². The lowest BCUT2D eigenvalue weighted by atomic mass is 9.94. The van der Waals surface area contributed by atoms with Gasteiger partial charge in [0.05, 0.1) is 29.2 Å². The van der Waals surface area contributed by atoms with Crippen molar-refractivity contribution in [2.45, 2.75) is 38.4 Å². The number of hydrogen-bond donors (Lipinski definition) is 2. The zero-order chi connectivity index (χ0) is 22.9. The Balaban J connectivity index is 1.68. The predicted octanol–water partition coefficient (Wildman–Crippen LogP) is 5.92. The average molecular weight is 440 g/mol. The number of benzene rings is 1. The molecule has 0 aliphatic heterocycles. The zero-order valence-corrected chi connectivity index (χ0v) is 17.6. The molecule has 0 unspecified atom stereocenters. The van der Waals surface area contributed by atoms with Crippen LogP contribution in [-0.2, 0) is 6.18 Å². The second-order valence-electron chi connectivity index (χ2n) is 8.62. The van der Waals surface area contributed by atoms with Crippen molar-refractivity contribution in [2.75, 3.05) is 5.32 Å². The van der Waals surface area contributed by atoms with Gasteiger partial charge in [-0.25, -0.2) is 4.79 Å². The minimum absolute atomic E-state index is 0.112. The van der Waals surface area contributed by atoms with E-state index in [4.69, 9.17) is 0 Å². The van der Waals surface area contributed by atoms with Crippen molar-refractivity contribution in [3.05, 3.63) is 89.5 Å². The van der Waals surface area contributed by atoms with E-state index < -0.39 is 23.8 Å². The van der Waals surface area contributed by atoms with E-state index in [1.54, 1.807) is 24.5 Å². The van der Waals surface area contributed by atoms with Gasteiger partial charge in [-0.1, -0.05) is 32.0 Å². The molecule has 32 heavy (non-hydrogen) atoms. The van der Waals surface area contributed by atoms with Crippen LogP contribution in [0, 0.1) is 5.41 Å². The highest BCUT2D eigenvalue weighted by Crippen LogP contribution is 2.59. The van der Waals surface area contributed by atoms with Gasteiger partial charge in [0.25, 0.3) is 0 Å². The molecule has 1 aliphatic rings. The fraction of sp³-hybridized carbons (Fsp3) is 0.292. The highest BCUT2D eigenvalue weighted by Gasteiger charge is 2.48. The maximum Gasteiger partial charge on any atom is 0.416 e. The number of alkyl halides is 3. The molecule has 166 valence electrons. The summed E-state index contributed by atoms with van der Waals surface area (Å²) in [6.45, 7) is 4.31. The first-order chi connectivity index (χ1) is 15.1. The summed E-state index contributed by atoms with van der Waals surface area (Å²) in [6.07, 6.45) is 1.27. The number of hydrogen-bond acceptors (Lipinski definition) is 3. The molecule has 0 saturated heterocycles. The van der Waals surface area contributed by atoms with Crippen LogP contribution in [0.15, 0.2) is 67.1 Å². The van der Waals surface area contributed by atoms with Crippen LogP contribution in [0.1, 0.15) is 54.6 Å². The smallest absolute Gasteiger partial charge is 0.325 e. The number of rotatable bonds is 5. The van der Waals surface area contributed by atoms with Crippen LogP contribution in [0.25, 0.3) is 0 Å². The number of urea groups is 1. The van der Waals surface area contributed by atoms with Gasteiger partial charge in [0.15, 0.2) is 0 Å². The van der Waals surface area contributed by atoms with Crippen LogP contribution >= 0.6 is 0 Å². The summed E-state index contributed by atoms with van der Waals surface area (Å²) >= 11 is 0. The van der Waals surface area contributed by atoms with Crippen LogP contribution in [0.3, 0.4) is 0 Å². The fourth-order valence-electron chi connectivity index (χ4n) is 3.87. The largest absolute Gasteiger partial charge is 0.416 e. The SMILES string of the molecule is CC1(C)C[C@H]1c1cccnc1[C@@H](NC(=O)Nc1cccnc1)c1ccc(C(F)(F)F)cc1. The molecule has 4 rings (SSSR count). The second kappa shape index (κ2) is 8.26. The number of halogens is 3. The number of carbonyl (C=O) groups excluding carboxylic acids is 1. The van der Waals surface area contributed by atoms with E-state index in [0.717, 1.165) is 24.1 Å². The molecule has 2 N–H and O–H groups in total. The molecular weight excluding hydrogens is 417 g/mol. The molecule has 2 atom stereocenters. The van der Waals surface area contributed by atoms with Crippen molar-refractivity contribution in [3.8, 4) is 0 Å². The molecular formula is C24H23F3N4O. The van der Waals surface area contributed by atoms with E-state index in [-0.39, 0.29) is 11.3 Å². The maximum absolute atomic E-state index is 13.1. The summed E-state index contributed by atoms with van der Waals surface area (Å²) in [5.41, 5.74) is 2.00. The summed E-state index contributed by atoms with van der Waals surface area (Å²) in [5.74, 6) is 0.270. The van der Waals surface area contributed by atoms with Crippen LogP contribution in [-0.4, -0.2) is 16.0 Å². The first-order valence-corrected chi connectivity index (χ1v) is 10.2. The molecule has 1 saturated carbocycles. The van der Waals surface area contributed by atoms with Gasteiger partial charge >= 0.3 is 12.2 Å². The van der Waals surface area contributed by atoms with Gasteiger partial charge in [0.2, 0.25) is 0 Å². The van der Waals surface area contributed by atoms with Crippen LogP contribution in [0.2, 0.25) is 0 Å². The number of nitrogens with one attached hydrogen (secondary N) is 2. The third kappa shape index (κ3) is 4.74. The highest BCUT2D eigenvalue weighted by molar-refractivity contribution is 5.89. The summed E-state index contributed by atoms with van der Waals surface area (Å²) in [6, 6.07) is 10.8. The van der Waals surface area contributed by atoms with E-state index in [0.29, 0.717) is 16.9 Å². The standard InChI is InChI=1S/C24H23F3N4O/c1-23(2)13-19(23)18-6-4-12-29-21(18)20(15-7-9-16(10-8-15)24(25,26)27)31-22(32)30-17-5-3-11-28-14-17/h3-12,14,19-20H,13H2,1-2H3,(H2,30,31,32)/t19-,20-/m0/s1. The molecule has 5 nitrogen and oxygen atoms in total. The first-order valence-electron chi connectivity index (χ1n) is 10.2. The number of pyridine rings is 2. The van der Waals surface area contributed by atoms with Crippen molar-refractivity contribution >= 4 is 11.7 Å². The molecule has 2 amide bonds. The van der Waals surface area contributed by atoms with Gasteiger partial charge in [-0.05, 0) is 59.2 Å². The monoisotopic (exact) mass is 440 g/mol. The van der Waals surface area contributed by atoms with Crippen LogP contribution in [0.4, 0.5) is 23.7 Å². The van der Waals surface area contributed by atoms with Crippen molar-refractivity contribution in [1.29, 1.82) is 0 Å². The molecule has 2 aromatic heterocycles. The van der Waals surface area contributed by atoms with Crippen LogP contribution < -0.4 is 10.6 Å². The third-order valence-electron chi connectivity index (χ3n) is 5.80. The summed E-state index contributed by atoms with van der Waals surface area (Å²) in [5, 5.41) is 5.59. The average Bonchev–Trinajstić information content (AvgIpc) is 3.40. The number of carbonyl (C=O) groups is 1. The number of aromatic nitrogens is 2. The Morgan fingerprint density at radius 3 is 2.38 bits per heavy atom. The number of nitrogens with zero attached hydrogens (tertiary/aromatic N) is 2. The second-order valence-corrected chi connectivity index (χ2v) is 8.62. The minimum Gasteiger partial charge on any atom is -0.325 e. The Morgan fingerprint density at radius 2 is 1.78 bits per heavy atom. The molecule has 2 heterocycles. The van der Waals surface area contributed by atoms with Crippen molar-refractivity contribution in [2.24, 2.45) is 5.41 Å². The molecule has 1 fully saturated rings. The molecule has 0 spiro atoms. The van der Waals surface area contributed by atoms with Gasteiger partial charge in [-0.2, -0.15) is 13.2 Å². The summed E-state index contributed by atoms with van der Waals surface area (Å²) in [4.78, 5) is 21.3. The molecule has 0 radical (unpaired) electrons. The highest BCUT2D eigenvalue weighted by atomic mass is 19.4. The van der Waals surface area contributed by atoms with Gasteiger partial charge in [0, 0.05) is 12.4 Å². The molecule has 0 bridgehead atoms. The van der Waals surface area contributed by atoms with Crippen molar-refractivity contribution in [3.63, 3.8) is 0 Å². The van der Waals surface area contributed by atoms with Gasteiger partial charge in [-0.3, -0.25) is 9.97 Å². The first kappa shape index (κ1) is 21.8. The molecule has 3 aromatic rings. The van der Waals surface area contributed by atoms with Crippen molar-refractivity contribution < 1.29 is 18.0 Å². The van der Waals surface area contributed by atoms with Gasteiger partial charge in [0.1, 0.15) is 0 Å². The lowest BCUT2D eigenvalue weighted by Gasteiger charge is -2.23. The Labute approximate surface area is 184 Å². The van der Waals surface area contributed by atoms with Gasteiger partial charge < -0.3 is 10.6 Å². The van der Waals surface area contributed by atoms with E-state index >= 15 is 0 Å². The van der Waals surface area contributed by atoms with E-state index in [9.17, 15) is 18.0 Å². The number of amides is 2. The Morgan fingerprint density at radius 1 is 1.09 bits per heavy atom. The zero-order valence-electron chi connectivity index (χ0n) is 17.6. The fourth-order valence-corrected chi connectivity index (χ4v) is 3.87. The number of anilines is 1. The Kier molecular flexibility index (Phi) is 5.62. The van der Waals surface area contributed by atoms with E-state index in [1.165, 1.54) is 18.3 Å². The van der Waals surface area contributed by atoms with Crippen molar-refractivity contribution in [1.82, 2.24) is 15.3 Å².